The Labute approximate surface area is 103 Å². The van der Waals surface area contributed by atoms with E-state index in [1.54, 1.807) is 0 Å². The maximum absolute atomic E-state index is 4.17. The van der Waals surface area contributed by atoms with Gasteiger partial charge in [0.2, 0.25) is 0 Å². The fourth-order valence-electron chi connectivity index (χ4n) is 2.32. The molecular formula is C12H23N5. The fraction of sp³-hybridized carbons (Fsp3) is 0.833. The summed E-state index contributed by atoms with van der Waals surface area (Å²) in [6, 6.07) is 1.28. The molecule has 1 aromatic heterocycles. The average Bonchev–Trinajstić information content (AvgIpc) is 2.62. The lowest BCUT2D eigenvalue weighted by molar-refractivity contribution is 0.167. The Balaban J connectivity index is 1.85. The molecule has 2 rings (SSSR count). The number of nitrogens with zero attached hydrogens (tertiary/aromatic N) is 4. The van der Waals surface area contributed by atoms with Crippen LogP contribution in [0.25, 0.3) is 0 Å². The minimum Gasteiger partial charge on any atom is -0.317 e. The molecule has 1 N–H and O–H groups in total. The molecule has 0 amide bonds. The van der Waals surface area contributed by atoms with Gasteiger partial charge in [-0.25, -0.2) is 0 Å². The molecule has 17 heavy (non-hydrogen) atoms. The Bertz CT molecular complexity index is 373. The molecule has 1 aromatic rings. The van der Waals surface area contributed by atoms with Gasteiger partial charge in [0.1, 0.15) is 11.6 Å². The monoisotopic (exact) mass is 237 g/mol. The number of piperidine rings is 1. The largest absolute Gasteiger partial charge is 0.317 e. The highest BCUT2D eigenvalue weighted by Crippen LogP contribution is 2.15. The van der Waals surface area contributed by atoms with Gasteiger partial charge in [-0.15, -0.1) is 10.2 Å². The van der Waals surface area contributed by atoms with Crippen LogP contribution in [-0.4, -0.2) is 45.3 Å². The first kappa shape index (κ1) is 12.5. The first-order valence-electron chi connectivity index (χ1n) is 6.36. The van der Waals surface area contributed by atoms with Gasteiger partial charge in [-0.3, -0.25) is 0 Å². The van der Waals surface area contributed by atoms with Gasteiger partial charge in [0.25, 0.3) is 0 Å². The second-order valence-corrected chi connectivity index (χ2v) is 5.15. The highest BCUT2D eigenvalue weighted by Gasteiger charge is 2.22. The lowest BCUT2D eigenvalue weighted by atomic mass is 9.99. The summed E-state index contributed by atoms with van der Waals surface area (Å²) in [7, 11) is 4.22. The molecule has 2 atom stereocenters. The standard InChI is InChI=1S/C12H23N5/c1-9-7-11(5-6-16(9)3)13-8-12-15-14-10(2)17(12)4/h9,11,13H,5-8H2,1-4H3. The van der Waals surface area contributed by atoms with E-state index in [1.807, 2.05) is 18.5 Å². The van der Waals surface area contributed by atoms with Crippen LogP contribution in [0, 0.1) is 6.92 Å². The number of hydrogen-bond donors (Lipinski definition) is 1. The molecule has 5 heteroatoms. The van der Waals surface area contributed by atoms with E-state index in [9.17, 15) is 0 Å². The molecule has 1 fully saturated rings. The van der Waals surface area contributed by atoms with Crippen molar-refractivity contribution >= 4 is 0 Å². The lowest BCUT2D eigenvalue weighted by Crippen LogP contribution is -2.45. The molecule has 0 aliphatic carbocycles. The van der Waals surface area contributed by atoms with Crippen LogP contribution in [0.2, 0.25) is 0 Å². The van der Waals surface area contributed by atoms with Gasteiger partial charge in [0, 0.05) is 19.1 Å². The topological polar surface area (TPSA) is 46.0 Å². The Morgan fingerprint density at radius 1 is 1.35 bits per heavy atom. The van der Waals surface area contributed by atoms with E-state index in [4.69, 9.17) is 0 Å². The van der Waals surface area contributed by atoms with E-state index in [1.165, 1.54) is 19.4 Å². The van der Waals surface area contributed by atoms with E-state index in [0.29, 0.717) is 12.1 Å². The quantitative estimate of drug-likeness (QED) is 0.840. The predicted molar refractivity (Wildman–Crippen MR) is 67.7 cm³/mol. The Morgan fingerprint density at radius 2 is 2.12 bits per heavy atom. The van der Waals surface area contributed by atoms with Gasteiger partial charge in [0.15, 0.2) is 0 Å². The summed E-state index contributed by atoms with van der Waals surface area (Å²) in [6.07, 6.45) is 2.44. The molecule has 0 spiro atoms. The van der Waals surface area contributed by atoms with Gasteiger partial charge < -0.3 is 14.8 Å². The second kappa shape index (κ2) is 5.14. The number of aromatic nitrogens is 3. The summed E-state index contributed by atoms with van der Waals surface area (Å²) >= 11 is 0. The first-order valence-corrected chi connectivity index (χ1v) is 6.36. The molecule has 96 valence electrons. The van der Waals surface area contributed by atoms with Crippen LogP contribution in [0.15, 0.2) is 0 Å². The summed E-state index contributed by atoms with van der Waals surface area (Å²) < 4.78 is 2.05. The van der Waals surface area contributed by atoms with Gasteiger partial charge in [-0.05, 0) is 40.3 Å². The van der Waals surface area contributed by atoms with Crippen LogP contribution in [-0.2, 0) is 13.6 Å². The zero-order chi connectivity index (χ0) is 12.4. The number of nitrogens with one attached hydrogen (secondary N) is 1. The summed E-state index contributed by atoms with van der Waals surface area (Å²) in [6.45, 7) is 6.27. The highest BCUT2D eigenvalue weighted by molar-refractivity contribution is 4.93. The molecule has 2 unspecified atom stereocenters. The van der Waals surface area contributed by atoms with Crippen molar-refractivity contribution in [2.24, 2.45) is 7.05 Å². The van der Waals surface area contributed by atoms with Gasteiger partial charge >= 0.3 is 0 Å². The molecule has 0 aromatic carbocycles. The van der Waals surface area contributed by atoms with Gasteiger partial charge in [-0.2, -0.15) is 0 Å². The highest BCUT2D eigenvalue weighted by atomic mass is 15.3. The Kier molecular flexibility index (Phi) is 3.79. The molecule has 1 saturated heterocycles. The molecule has 1 aliphatic heterocycles. The van der Waals surface area contributed by atoms with Crippen molar-refractivity contribution in [3.8, 4) is 0 Å². The van der Waals surface area contributed by atoms with Crippen LogP contribution in [0.1, 0.15) is 31.4 Å². The van der Waals surface area contributed by atoms with Crippen molar-refractivity contribution < 1.29 is 0 Å². The summed E-state index contributed by atoms with van der Waals surface area (Å²) in [4.78, 5) is 2.42. The smallest absolute Gasteiger partial charge is 0.146 e. The van der Waals surface area contributed by atoms with Gasteiger partial charge in [-0.1, -0.05) is 0 Å². The van der Waals surface area contributed by atoms with Crippen molar-refractivity contribution in [3.63, 3.8) is 0 Å². The number of hydrogen-bond acceptors (Lipinski definition) is 4. The van der Waals surface area contributed by atoms with Crippen LogP contribution in [0.5, 0.6) is 0 Å². The minimum atomic E-state index is 0.609. The van der Waals surface area contributed by atoms with Crippen molar-refractivity contribution in [2.45, 2.75) is 45.3 Å². The fourth-order valence-corrected chi connectivity index (χ4v) is 2.32. The Morgan fingerprint density at radius 3 is 2.71 bits per heavy atom. The summed E-state index contributed by atoms with van der Waals surface area (Å²) in [5.74, 6) is 1.99. The van der Waals surface area contributed by atoms with Gasteiger partial charge in [0.05, 0.1) is 6.54 Å². The maximum Gasteiger partial charge on any atom is 0.146 e. The predicted octanol–water partition coefficient (Wildman–Crippen LogP) is 0.696. The third-order valence-electron chi connectivity index (χ3n) is 3.94. The van der Waals surface area contributed by atoms with Crippen LogP contribution in [0.3, 0.4) is 0 Å². The first-order chi connectivity index (χ1) is 8.08. The zero-order valence-electron chi connectivity index (χ0n) is 11.3. The van der Waals surface area contributed by atoms with Crippen molar-refractivity contribution in [2.75, 3.05) is 13.6 Å². The van der Waals surface area contributed by atoms with E-state index in [-0.39, 0.29) is 0 Å². The number of aryl methyl sites for hydroxylation is 1. The van der Waals surface area contributed by atoms with Crippen molar-refractivity contribution in [3.05, 3.63) is 11.6 Å². The number of rotatable bonds is 3. The van der Waals surface area contributed by atoms with E-state index in [0.717, 1.165) is 18.2 Å². The minimum absolute atomic E-state index is 0.609. The molecule has 1 aliphatic rings. The normalized spacial score (nSPS) is 26.4. The second-order valence-electron chi connectivity index (χ2n) is 5.15. The third-order valence-corrected chi connectivity index (χ3v) is 3.94. The summed E-state index contributed by atoms with van der Waals surface area (Å²) in [5.41, 5.74) is 0. The zero-order valence-corrected chi connectivity index (χ0v) is 11.3. The van der Waals surface area contributed by atoms with E-state index in [2.05, 4.69) is 34.4 Å². The van der Waals surface area contributed by atoms with Crippen LogP contribution >= 0.6 is 0 Å². The maximum atomic E-state index is 4.17. The Hall–Kier alpha value is -0.940. The summed E-state index contributed by atoms with van der Waals surface area (Å²) in [5, 5.41) is 11.8. The molecular weight excluding hydrogens is 214 g/mol. The third kappa shape index (κ3) is 2.84. The van der Waals surface area contributed by atoms with Crippen LogP contribution in [0.4, 0.5) is 0 Å². The lowest BCUT2D eigenvalue weighted by Gasteiger charge is -2.35. The average molecular weight is 237 g/mol. The van der Waals surface area contributed by atoms with E-state index >= 15 is 0 Å². The number of likely N-dealkylation sites (tertiary alicyclic amines) is 1. The van der Waals surface area contributed by atoms with Crippen molar-refractivity contribution in [1.29, 1.82) is 0 Å². The molecule has 0 radical (unpaired) electrons. The molecule has 0 bridgehead atoms. The SMILES string of the molecule is Cc1nnc(CNC2CCN(C)C(C)C2)n1C. The molecule has 5 nitrogen and oxygen atoms in total. The van der Waals surface area contributed by atoms with Crippen molar-refractivity contribution in [1.82, 2.24) is 25.0 Å². The van der Waals surface area contributed by atoms with Crippen LogP contribution < -0.4 is 5.32 Å². The van der Waals surface area contributed by atoms with E-state index < -0.39 is 0 Å². The molecule has 0 saturated carbocycles. The molecule has 2 heterocycles.